The van der Waals surface area contributed by atoms with E-state index in [1.807, 2.05) is 60.7 Å². The highest BCUT2D eigenvalue weighted by atomic mass is 32.1. The average molecular weight is 372 g/mol. The van der Waals surface area contributed by atoms with Crippen LogP contribution in [0.25, 0.3) is 0 Å². The van der Waals surface area contributed by atoms with Crippen LogP contribution in [-0.2, 0) is 0 Å². The number of nitro groups is 1. The standard InChI is InChI=1S/C22H16N2O2S/c23-19-16-22(21(24(25)26)15-20(19)27,13-11-17-7-3-1-4-8-17)14-12-18-9-5-2-6-10-18/h1-10,15-16,20,27H,23H2. The van der Waals surface area contributed by atoms with E-state index in [2.05, 4.69) is 36.3 Å². The molecule has 1 atom stereocenters. The van der Waals surface area contributed by atoms with Crippen LogP contribution in [-0.4, -0.2) is 10.2 Å². The van der Waals surface area contributed by atoms with Gasteiger partial charge in [-0.1, -0.05) is 60.1 Å². The van der Waals surface area contributed by atoms with E-state index in [-0.39, 0.29) is 5.70 Å². The summed E-state index contributed by atoms with van der Waals surface area (Å²) in [4.78, 5) is 11.3. The highest BCUT2D eigenvalue weighted by Crippen LogP contribution is 2.35. The van der Waals surface area contributed by atoms with Crippen LogP contribution in [0.1, 0.15) is 11.1 Å². The number of nitrogens with two attached hydrogens (primary N) is 1. The normalized spacial score (nSPS) is 17.3. The number of benzene rings is 2. The lowest BCUT2D eigenvalue weighted by Crippen LogP contribution is -2.31. The van der Waals surface area contributed by atoms with Gasteiger partial charge < -0.3 is 5.73 Å². The molecule has 0 heterocycles. The van der Waals surface area contributed by atoms with Gasteiger partial charge in [-0.15, -0.1) is 0 Å². The molecule has 132 valence electrons. The van der Waals surface area contributed by atoms with Crippen molar-refractivity contribution in [3.05, 3.63) is 105 Å². The summed E-state index contributed by atoms with van der Waals surface area (Å²) < 4.78 is 0. The lowest BCUT2D eigenvalue weighted by Gasteiger charge is -2.23. The van der Waals surface area contributed by atoms with Crippen molar-refractivity contribution in [3.8, 4) is 23.7 Å². The molecule has 4 nitrogen and oxygen atoms in total. The Bertz CT molecular complexity index is 978. The molecule has 3 rings (SSSR count). The van der Waals surface area contributed by atoms with Crippen LogP contribution in [0.15, 0.2) is 84.2 Å². The Morgan fingerprint density at radius 1 is 0.963 bits per heavy atom. The fourth-order valence-electron chi connectivity index (χ4n) is 2.61. The Labute approximate surface area is 163 Å². The third-order valence-corrected chi connectivity index (χ3v) is 4.44. The Kier molecular flexibility index (Phi) is 5.35. The van der Waals surface area contributed by atoms with Gasteiger partial charge in [-0.2, -0.15) is 12.6 Å². The number of thiol groups is 1. The molecule has 1 aliphatic rings. The van der Waals surface area contributed by atoms with E-state index >= 15 is 0 Å². The fraction of sp³-hybridized carbons (Fsp3) is 0.0909. The summed E-state index contributed by atoms with van der Waals surface area (Å²) in [5, 5.41) is 11.2. The van der Waals surface area contributed by atoms with Crippen molar-refractivity contribution in [1.29, 1.82) is 0 Å². The highest BCUT2D eigenvalue weighted by Gasteiger charge is 2.42. The number of rotatable bonds is 1. The van der Waals surface area contributed by atoms with Gasteiger partial charge in [0, 0.05) is 22.9 Å². The SMILES string of the molecule is NC1=CC(C#Cc2ccccc2)(C#Cc2ccccc2)C([N+](=O)[O-])=CC1S. The maximum atomic E-state index is 11.7. The van der Waals surface area contributed by atoms with Gasteiger partial charge in [-0.3, -0.25) is 10.1 Å². The average Bonchev–Trinajstić information content (AvgIpc) is 2.69. The van der Waals surface area contributed by atoms with Gasteiger partial charge in [0.25, 0.3) is 5.70 Å². The smallest absolute Gasteiger partial charge is 0.277 e. The summed E-state index contributed by atoms with van der Waals surface area (Å²) in [6, 6.07) is 18.5. The minimum Gasteiger partial charge on any atom is -0.401 e. The molecule has 0 aliphatic heterocycles. The van der Waals surface area contributed by atoms with Gasteiger partial charge in [0.05, 0.1) is 10.2 Å². The van der Waals surface area contributed by atoms with E-state index in [4.69, 9.17) is 5.73 Å². The molecule has 0 radical (unpaired) electrons. The van der Waals surface area contributed by atoms with Gasteiger partial charge in [0.2, 0.25) is 5.41 Å². The minimum absolute atomic E-state index is 0.136. The zero-order chi connectivity index (χ0) is 19.3. The molecule has 0 spiro atoms. The molecule has 2 aromatic rings. The van der Waals surface area contributed by atoms with Crippen LogP contribution in [0, 0.1) is 39.2 Å². The summed E-state index contributed by atoms with van der Waals surface area (Å²) in [7, 11) is 0. The second-order valence-corrected chi connectivity index (χ2v) is 6.49. The van der Waals surface area contributed by atoms with Crippen molar-refractivity contribution in [2.75, 3.05) is 0 Å². The third-order valence-electron chi connectivity index (χ3n) is 4.00. The fourth-order valence-corrected chi connectivity index (χ4v) is 2.82. The van der Waals surface area contributed by atoms with E-state index in [9.17, 15) is 10.1 Å². The molecule has 0 amide bonds. The van der Waals surface area contributed by atoms with Crippen molar-refractivity contribution in [1.82, 2.24) is 0 Å². The van der Waals surface area contributed by atoms with Crippen LogP contribution >= 0.6 is 12.6 Å². The summed E-state index contributed by atoms with van der Waals surface area (Å²) in [6.45, 7) is 0. The Morgan fingerprint density at radius 3 is 1.89 bits per heavy atom. The second-order valence-electron chi connectivity index (χ2n) is 5.94. The van der Waals surface area contributed by atoms with Crippen LogP contribution in [0.2, 0.25) is 0 Å². The van der Waals surface area contributed by atoms with Crippen molar-refractivity contribution in [3.63, 3.8) is 0 Å². The number of hydrogen-bond donors (Lipinski definition) is 2. The number of hydrogen-bond acceptors (Lipinski definition) is 4. The topological polar surface area (TPSA) is 69.2 Å². The van der Waals surface area contributed by atoms with Gasteiger partial charge >= 0.3 is 0 Å². The summed E-state index contributed by atoms with van der Waals surface area (Å²) in [5.74, 6) is 11.9. The Balaban J connectivity index is 2.17. The maximum Gasteiger partial charge on any atom is 0.277 e. The van der Waals surface area contributed by atoms with E-state index in [0.717, 1.165) is 11.1 Å². The zero-order valence-electron chi connectivity index (χ0n) is 14.3. The van der Waals surface area contributed by atoms with E-state index < -0.39 is 15.6 Å². The molecular weight excluding hydrogens is 356 g/mol. The lowest BCUT2D eigenvalue weighted by molar-refractivity contribution is -0.434. The number of nitrogens with zero attached hydrogens (tertiary/aromatic N) is 1. The molecule has 0 saturated heterocycles. The third kappa shape index (κ3) is 4.23. The Morgan fingerprint density at radius 2 is 1.44 bits per heavy atom. The number of allylic oxidation sites excluding steroid dienone is 1. The molecule has 5 heteroatoms. The largest absolute Gasteiger partial charge is 0.401 e. The van der Waals surface area contributed by atoms with Gasteiger partial charge in [0.15, 0.2) is 0 Å². The first-order valence-corrected chi connectivity index (χ1v) is 8.71. The predicted molar refractivity (Wildman–Crippen MR) is 109 cm³/mol. The van der Waals surface area contributed by atoms with E-state index in [1.54, 1.807) is 0 Å². The Hall–Kier alpha value is -3.41. The molecule has 0 aromatic heterocycles. The van der Waals surface area contributed by atoms with Crippen molar-refractivity contribution < 1.29 is 4.92 Å². The molecule has 0 saturated carbocycles. The molecule has 2 aromatic carbocycles. The monoisotopic (exact) mass is 372 g/mol. The quantitative estimate of drug-likeness (QED) is 0.349. The van der Waals surface area contributed by atoms with Crippen LogP contribution in [0.5, 0.6) is 0 Å². The molecule has 1 aliphatic carbocycles. The van der Waals surface area contributed by atoms with Gasteiger partial charge in [-0.05, 0) is 30.3 Å². The first-order valence-electron chi connectivity index (χ1n) is 8.20. The van der Waals surface area contributed by atoms with Crippen molar-refractivity contribution >= 4 is 12.6 Å². The lowest BCUT2D eigenvalue weighted by atomic mass is 9.80. The predicted octanol–water partition coefficient (Wildman–Crippen LogP) is 3.39. The van der Waals surface area contributed by atoms with Crippen molar-refractivity contribution in [2.45, 2.75) is 5.25 Å². The van der Waals surface area contributed by atoms with Crippen LogP contribution in [0.3, 0.4) is 0 Å². The van der Waals surface area contributed by atoms with E-state index in [0.29, 0.717) is 5.70 Å². The minimum atomic E-state index is -1.42. The zero-order valence-corrected chi connectivity index (χ0v) is 15.2. The van der Waals surface area contributed by atoms with Gasteiger partial charge in [-0.25, -0.2) is 0 Å². The van der Waals surface area contributed by atoms with Crippen LogP contribution in [0.4, 0.5) is 0 Å². The summed E-state index contributed by atoms with van der Waals surface area (Å²) in [6.07, 6.45) is 2.94. The first-order chi connectivity index (χ1) is 13.0. The summed E-state index contributed by atoms with van der Waals surface area (Å²) >= 11 is 4.29. The molecule has 27 heavy (non-hydrogen) atoms. The second kappa shape index (κ2) is 7.86. The molecule has 0 bridgehead atoms. The molecule has 0 fully saturated rings. The van der Waals surface area contributed by atoms with E-state index in [1.165, 1.54) is 12.2 Å². The molecular formula is C22H16N2O2S. The molecule has 2 N–H and O–H groups in total. The maximum absolute atomic E-state index is 11.7. The highest BCUT2D eigenvalue weighted by molar-refractivity contribution is 7.81. The van der Waals surface area contributed by atoms with Crippen molar-refractivity contribution in [2.24, 2.45) is 11.1 Å². The first kappa shape index (κ1) is 18.4. The van der Waals surface area contributed by atoms with Crippen LogP contribution < -0.4 is 5.73 Å². The summed E-state index contributed by atoms with van der Waals surface area (Å²) in [5.41, 5.74) is 6.34. The van der Waals surface area contributed by atoms with Gasteiger partial charge in [0.1, 0.15) is 0 Å². The molecule has 1 unspecified atom stereocenters.